The predicted octanol–water partition coefficient (Wildman–Crippen LogP) is 5.97. The molecular weight excluding hydrogens is 308 g/mol. The van der Waals surface area contributed by atoms with Gasteiger partial charge >= 0.3 is 0 Å². The van der Waals surface area contributed by atoms with Gasteiger partial charge in [0.25, 0.3) is 0 Å². The van der Waals surface area contributed by atoms with Gasteiger partial charge in [0.05, 0.1) is 13.2 Å². The molecule has 0 amide bonds. The highest BCUT2D eigenvalue weighted by Gasteiger charge is 2.06. The van der Waals surface area contributed by atoms with Crippen LogP contribution < -0.4 is 9.47 Å². The number of hydrogen-bond acceptors (Lipinski definition) is 2. The zero-order valence-electron chi connectivity index (χ0n) is 14.4. The molecule has 2 aromatic rings. The van der Waals surface area contributed by atoms with Gasteiger partial charge in [-0.15, -0.1) is 11.6 Å². The van der Waals surface area contributed by atoms with Crippen LogP contribution in [0.5, 0.6) is 11.5 Å². The smallest absolute Gasteiger partial charge is 0.122 e. The molecule has 2 aromatic carbocycles. The number of halogens is 1. The van der Waals surface area contributed by atoms with E-state index in [9.17, 15) is 0 Å². The Labute approximate surface area is 144 Å². The van der Waals surface area contributed by atoms with Crippen LogP contribution in [-0.2, 0) is 0 Å². The molecular formula is C20H27ClO2. The molecule has 0 heterocycles. The molecule has 0 saturated carbocycles. The lowest BCUT2D eigenvalue weighted by molar-refractivity contribution is 0.271. The van der Waals surface area contributed by atoms with Gasteiger partial charge < -0.3 is 9.47 Å². The fourth-order valence-electron chi connectivity index (χ4n) is 2.51. The number of aryl methyl sites for hydroxylation is 1. The Morgan fingerprint density at radius 1 is 1.00 bits per heavy atom. The van der Waals surface area contributed by atoms with E-state index in [-0.39, 0.29) is 0 Å². The van der Waals surface area contributed by atoms with Crippen molar-refractivity contribution in [3.8, 4) is 11.5 Å². The molecule has 0 fully saturated rings. The van der Waals surface area contributed by atoms with Crippen LogP contribution in [0.15, 0.2) is 30.3 Å². The van der Waals surface area contributed by atoms with Crippen molar-refractivity contribution in [1.29, 1.82) is 0 Å². The largest absolute Gasteiger partial charge is 0.493 e. The van der Waals surface area contributed by atoms with Crippen LogP contribution in [0.1, 0.15) is 38.7 Å². The third kappa shape index (κ3) is 5.31. The second kappa shape index (κ2) is 9.02. The van der Waals surface area contributed by atoms with Crippen LogP contribution in [-0.4, -0.2) is 19.1 Å². The third-order valence-corrected chi connectivity index (χ3v) is 4.10. The Balaban J connectivity index is 2.05. The summed E-state index contributed by atoms with van der Waals surface area (Å²) in [4.78, 5) is 0. The highest BCUT2D eigenvalue weighted by Crippen LogP contribution is 2.30. The van der Waals surface area contributed by atoms with Gasteiger partial charge in [-0.1, -0.05) is 26.0 Å². The fraction of sp³-hybridized carbons (Fsp3) is 0.500. The summed E-state index contributed by atoms with van der Waals surface area (Å²) in [5.74, 6) is 3.16. The highest BCUT2D eigenvalue weighted by atomic mass is 35.5. The molecule has 0 radical (unpaired) electrons. The first kappa shape index (κ1) is 17.9. The molecule has 0 aromatic heterocycles. The molecule has 0 bridgehead atoms. The van der Waals surface area contributed by atoms with E-state index in [2.05, 4.69) is 45.0 Å². The summed E-state index contributed by atoms with van der Waals surface area (Å²) >= 11 is 5.69. The molecule has 23 heavy (non-hydrogen) atoms. The Kier molecular flexibility index (Phi) is 7.04. The molecule has 0 N–H and O–H groups in total. The Hall–Kier alpha value is -1.41. The molecule has 0 spiro atoms. The van der Waals surface area contributed by atoms with E-state index in [0.717, 1.165) is 49.9 Å². The second-order valence-electron chi connectivity index (χ2n) is 6.37. The van der Waals surface area contributed by atoms with E-state index in [1.54, 1.807) is 0 Å². The van der Waals surface area contributed by atoms with E-state index in [0.29, 0.717) is 5.92 Å². The highest BCUT2D eigenvalue weighted by molar-refractivity contribution is 6.17. The van der Waals surface area contributed by atoms with Crippen molar-refractivity contribution in [2.24, 2.45) is 5.92 Å². The van der Waals surface area contributed by atoms with E-state index in [1.165, 1.54) is 16.3 Å². The predicted molar refractivity (Wildman–Crippen MR) is 99.1 cm³/mol. The van der Waals surface area contributed by atoms with Crippen LogP contribution in [0, 0.1) is 12.8 Å². The normalized spacial score (nSPS) is 11.2. The zero-order chi connectivity index (χ0) is 16.7. The summed E-state index contributed by atoms with van der Waals surface area (Å²) in [5.41, 5.74) is 1.19. The molecule has 3 heteroatoms. The van der Waals surface area contributed by atoms with Crippen LogP contribution in [0.2, 0.25) is 0 Å². The number of rotatable bonds is 9. The molecule has 0 unspecified atom stereocenters. The van der Waals surface area contributed by atoms with Gasteiger partial charge in [-0.3, -0.25) is 0 Å². The molecule has 126 valence electrons. The Morgan fingerprint density at radius 2 is 1.83 bits per heavy atom. The minimum absolute atomic E-state index is 0.530. The topological polar surface area (TPSA) is 18.5 Å². The minimum atomic E-state index is 0.530. The Morgan fingerprint density at radius 3 is 2.57 bits per heavy atom. The molecule has 2 nitrogen and oxygen atoms in total. The van der Waals surface area contributed by atoms with Crippen molar-refractivity contribution in [2.45, 2.75) is 40.0 Å². The molecule has 2 rings (SSSR count). The van der Waals surface area contributed by atoms with Crippen LogP contribution in [0.4, 0.5) is 0 Å². The summed E-state index contributed by atoms with van der Waals surface area (Å²) in [6, 6.07) is 10.4. The quantitative estimate of drug-likeness (QED) is 0.415. The third-order valence-electron chi connectivity index (χ3n) is 3.83. The van der Waals surface area contributed by atoms with E-state index >= 15 is 0 Å². The van der Waals surface area contributed by atoms with Crippen molar-refractivity contribution < 1.29 is 9.47 Å². The summed E-state index contributed by atoms with van der Waals surface area (Å²) < 4.78 is 11.7. The number of fused-ring (bicyclic) bond motifs is 1. The van der Waals surface area contributed by atoms with Crippen molar-refractivity contribution >= 4 is 22.4 Å². The fourth-order valence-corrected chi connectivity index (χ4v) is 2.70. The van der Waals surface area contributed by atoms with Gasteiger partial charge in [0.15, 0.2) is 0 Å². The number of alkyl halides is 1. The zero-order valence-corrected chi connectivity index (χ0v) is 15.2. The summed E-state index contributed by atoms with van der Waals surface area (Å²) in [6.07, 6.45) is 3.22. The molecule has 0 aliphatic rings. The van der Waals surface area contributed by atoms with Crippen LogP contribution in [0.3, 0.4) is 0 Å². The average molecular weight is 335 g/mol. The monoisotopic (exact) mass is 334 g/mol. The lowest BCUT2D eigenvalue weighted by atomic mass is 10.0. The lowest BCUT2D eigenvalue weighted by Gasteiger charge is -2.13. The first-order valence-corrected chi connectivity index (χ1v) is 9.00. The van der Waals surface area contributed by atoms with Gasteiger partial charge in [-0.25, -0.2) is 0 Å². The van der Waals surface area contributed by atoms with E-state index in [4.69, 9.17) is 21.1 Å². The molecule has 0 atom stereocenters. The summed E-state index contributed by atoms with van der Waals surface area (Å²) in [7, 11) is 0. The maximum atomic E-state index is 5.93. The van der Waals surface area contributed by atoms with E-state index < -0.39 is 0 Å². The summed E-state index contributed by atoms with van der Waals surface area (Å²) in [6.45, 7) is 7.92. The van der Waals surface area contributed by atoms with Crippen molar-refractivity contribution in [3.63, 3.8) is 0 Å². The van der Waals surface area contributed by atoms with Crippen molar-refractivity contribution in [3.05, 3.63) is 35.9 Å². The van der Waals surface area contributed by atoms with Crippen LogP contribution >= 0.6 is 11.6 Å². The second-order valence-corrected chi connectivity index (χ2v) is 6.75. The first-order valence-electron chi connectivity index (χ1n) is 8.46. The number of hydrogen-bond donors (Lipinski definition) is 0. The van der Waals surface area contributed by atoms with Gasteiger partial charge in [0, 0.05) is 5.88 Å². The van der Waals surface area contributed by atoms with Gasteiger partial charge in [-0.2, -0.15) is 0 Å². The van der Waals surface area contributed by atoms with Crippen molar-refractivity contribution in [2.75, 3.05) is 19.1 Å². The standard InChI is InChI=1S/C20H27ClO2/c1-15(2)14-23-18-8-9-19-16(3)20(10-7-17(19)13-18)22-12-6-4-5-11-21/h7-10,13,15H,4-6,11-12,14H2,1-3H3. The number of ether oxygens (including phenoxy) is 2. The van der Waals surface area contributed by atoms with Crippen molar-refractivity contribution in [1.82, 2.24) is 0 Å². The summed E-state index contributed by atoms with van der Waals surface area (Å²) in [5, 5.41) is 2.42. The maximum absolute atomic E-state index is 5.93. The van der Waals surface area contributed by atoms with Gasteiger partial charge in [-0.05, 0) is 66.6 Å². The van der Waals surface area contributed by atoms with Gasteiger partial charge in [0.2, 0.25) is 0 Å². The maximum Gasteiger partial charge on any atom is 0.122 e. The first-order chi connectivity index (χ1) is 11.1. The molecule has 0 saturated heterocycles. The lowest BCUT2D eigenvalue weighted by Crippen LogP contribution is -2.04. The molecule has 0 aliphatic carbocycles. The van der Waals surface area contributed by atoms with Crippen LogP contribution in [0.25, 0.3) is 10.8 Å². The van der Waals surface area contributed by atoms with E-state index in [1.807, 2.05) is 6.07 Å². The number of benzene rings is 2. The molecule has 0 aliphatic heterocycles. The SMILES string of the molecule is Cc1c(OCCCCCCl)ccc2cc(OCC(C)C)ccc12. The number of unbranched alkanes of at least 4 members (excludes halogenated alkanes) is 2. The Bertz CT molecular complexity index is 622. The average Bonchev–Trinajstić information content (AvgIpc) is 2.54. The van der Waals surface area contributed by atoms with Gasteiger partial charge in [0.1, 0.15) is 11.5 Å². The minimum Gasteiger partial charge on any atom is -0.493 e.